The molecule has 226 valence electrons. The molecule has 4 aromatic carbocycles. The Morgan fingerprint density at radius 1 is 0.364 bits per heavy atom. The van der Waals surface area contributed by atoms with Gasteiger partial charge in [-0.1, -0.05) is 62.1 Å². The fraction of sp³-hybridized carbons (Fsp3) is 0.222. The summed E-state index contributed by atoms with van der Waals surface area (Å²) in [7, 11) is 0. The molecule has 8 nitrogen and oxygen atoms in total. The molecule has 0 radical (unpaired) electrons. The Kier molecular flexibility index (Phi) is 12.3. The zero-order chi connectivity index (χ0) is 31.0. The third-order valence-electron chi connectivity index (χ3n) is 6.98. The minimum absolute atomic E-state index is 0.0330. The van der Waals surface area contributed by atoms with Gasteiger partial charge >= 0.3 is 0 Å². The number of hydrogen-bond acceptors (Lipinski definition) is 4. The van der Waals surface area contributed by atoms with Crippen molar-refractivity contribution in [2.45, 2.75) is 51.4 Å². The van der Waals surface area contributed by atoms with Crippen LogP contribution in [0.4, 0.5) is 22.7 Å². The minimum Gasteiger partial charge on any atom is -0.326 e. The van der Waals surface area contributed by atoms with E-state index < -0.39 is 0 Å². The second kappa shape index (κ2) is 17.0. The molecule has 4 aromatic rings. The highest BCUT2D eigenvalue weighted by molar-refractivity contribution is 6.05. The molecular formula is C36H38N4O4. The van der Waals surface area contributed by atoms with Crippen LogP contribution in [0, 0.1) is 0 Å². The summed E-state index contributed by atoms with van der Waals surface area (Å²) in [6, 6.07) is 32.2. The maximum Gasteiger partial charge on any atom is 0.255 e. The first-order valence-corrected chi connectivity index (χ1v) is 15.0. The number of hydrogen-bond donors (Lipinski definition) is 4. The molecule has 0 aliphatic heterocycles. The van der Waals surface area contributed by atoms with Crippen LogP contribution in [0.1, 0.15) is 72.1 Å². The van der Waals surface area contributed by atoms with Gasteiger partial charge in [0.25, 0.3) is 11.8 Å². The number of carbonyl (C=O) groups excluding carboxylic acids is 4. The number of nitrogens with one attached hydrogen (secondary N) is 4. The lowest BCUT2D eigenvalue weighted by Gasteiger charge is -2.09. The molecule has 44 heavy (non-hydrogen) atoms. The van der Waals surface area contributed by atoms with E-state index in [9.17, 15) is 19.2 Å². The highest BCUT2D eigenvalue weighted by Crippen LogP contribution is 2.17. The maximum absolute atomic E-state index is 12.3. The summed E-state index contributed by atoms with van der Waals surface area (Å²) < 4.78 is 0. The van der Waals surface area contributed by atoms with E-state index >= 15 is 0 Å². The van der Waals surface area contributed by atoms with Crippen LogP contribution >= 0.6 is 0 Å². The van der Waals surface area contributed by atoms with E-state index in [-0.39, 0.29) is 23.6 Å². The van der Waals surface area contributed by atoms with Crippen molar-refractivity contribution in [1.82, 2.24) is 0 Å². The molecule has 8 heteroatoms. The molecule has 0 spiro atoms. The molecule has 0 unspecified atom stereocenters. The third-order valence-corrected chi connectivity index (χ3v) is 6.98. The van der Waals surface area contributed by atoms with Crippen molar-refractivity contribution in [1.29, 1.82) is 0 Å². The van der Waals surface area contributed by atoms with Crippen LogP contribution < -0.4 is 21.3 Å². The van der Waals surface area contributed by atoms with Crippen LogP contribution in [-0.2, 0) is 9.59 Å². The van der Waals surface area contributed by atoms with Crippen molar-refractivity contribution in [3.63, 3.8) is 0 Å². The predicted molar refractivity (Wildman–Crippen MR) is 176 cm³/mol. The summed E-state index contributed by atoms with van der Waals surface area (Å²) in [4.78, 5) is 49.1. The zero-order valence-electron chi connectivity index (χ0n) is 24.7. The van der Waals surface area contributed by atoms with Crippen molar-refractivity contribution in [2.75, 3.05) is 21.3 Å². The Bertz CT molecular complexity index is 1390. The number of benzene rings is 4. The second-order valence-electron chi connectivity index (χ2n) is 10.5. The highest BCUT2D eigenvalue weighted by atomic mass is 16.2. The van der Waals surface area contributed by atoms with Crippen LogP contribution in [0.3, 0.4) is 0 Å². The monoisotopic (exact) mass is 590 g/mol. The van der Waals surface area contributed by atoms with E-state index in [0.717, 1.165) is 38.5 Å². The number of amides is 4. The molecule has 0 aromatic heterocycles. The fourth-order valence-corrected chi connectivity index (χ4v) is 4.58. The van der Waals surface area contributed by atoms with Gasteiger partial charge in [0.1, 0.15) is 0 Å². The lowest BCUT2D eigenvalue weighted by Crippen LogP contribution is -2.13. The second-order valence-corrected chi connectivity index (χ2v) is 10.5. The first-order valence-electron chi connectivity index (χ1n) is 15.0. The normalized spacial score (nSPS) is 10.5. The molecule has 0 heterocycles. The highest BCUT2D eigenvalue weighted by Gasteiger charge is 2.08. The summed E-state index contributed by atoms with van der Waals surface area (Å²) >= 11 is 0. The first kappa shape index (κ1) is 31.7. The SMILES string of the molecule is O=C(CCCCCCCCC(=O)Nc1ccc(NC(=O)c2ccccc2)cc1)Nc1ccc(NC(=O)c2ccccc2)cc1. The van der Waals surface area contributed by atoms with E-state index in [2.05, 4.69) is 21.3 Å². The van der Waals surface area contributed by atoms with Gasteiger partial charge in [0, 0.05) is 46.7 Å². The smallest absolute Gasteiger partial charge is 0.255 e. The fourth-order valence-electron chi connectivity index (χ4n) is 4.58. The van der Waals surface area contributed by atoms with Crippen LogP contribution in [0.2, 0.25) is 0 Å². The summed E-state index contributed by atoms with van der Waals surface area (Å²) in [5.41, 5.74) is 3.88. The van der Waals surface area contributed by atoms with Crippen molar-refractivity contribution < 1.29 is 19.2 Å². The molecule has 4 amide bonds. The van der Waals surface area contributed by atoms with E-state index in [1.54, 1.807) is 72.8 Å². The number of rotatable bonds is 15. The lowest BCUT2D eigenvalue weighted by molar-refractivity contribution is -0.117. The topological polar surface area (TPSA) is 116 Å². The molecule has 0 aliphatic rings. The zero-order valence-corrected chi connectivity index (χ0v) is 24.7. The molecule has 0 atom stereocenters. The van der Waals surface area contributed by atoms with E-state index in [1.165, 1.54) is 0 Å². The van der Waals surface area contributed by atoms with Gasteiger partial charge in [0.15, 0.2) is 0 Å². The first-order chi connectivity index (χ1) is 21.5. The van der Waals surface area contributed by atoms with Crippen LogP contribution in [-0.4, -0.2) is 23.6 Å². The average molecular weight is 591 g/mol. The standard InChI is InChI=1S/C36H38N4O4/c41-33(37-29-19-23-31(24-20-29)39-35(43)27-13-7-5-8-14-27)17-11-3-1-2-4-12-18-34(42)38-30-21-25-32(26-22-30)40-36(44)28-15-9-6-10-16-28/h5-10,13-16,19-26H,1-4,11-12,17-18H2,(H,37,41)(H,38,42)(H,39,43)(H,40,44). The van der Waals surface area contributed by atoms with Gasteiger partial charge < -0.3 is 21.3 Å². The van der Waals surface area contributed by atoms with Crippen molar-refractivity contribution in [2.24, 2.45) is 0 Å². The Morgan fingerprint density at radius 2 is 0.659 bits per heavy atom. The number of anilines is 4. The van der Waals surface area contributed by atoms with E-state index in [0.29, 0.717) is 46.7 Å². The molecule has 0 bridgehead atoms. The molecule has 0 aliphatic carbocycles. The van der Waals surface area contributed by atoms with Crippen molar-refractivity contribution in [3.05, 3.63) is 120 Å². The lowest BCUT2D eigenvalue weighted by atomic mass is 10.1. The average Bonchev–Trinajstić information content (AvgIpc) is 3.05. The van der Waals surface area contributed by atoms with Gasteiger partial charge in [0.2, 0.25) is 11.8 Å². The maximum atomic E-state index is 12.3. The quantitative estimate of drug-likeness (QED) is 0.105. The molecule has 0 saturated heterocycles. The van der Waals surface area contributed by atoms with Crippen LogP contribution in [0.15, 0.2) is 109 Å². The molecular weight excluding hydrogens is 552 g/mol. The number of unbranched alkanes of at least 4 members (excludes halogenated alkanes) is 5. The predicted octanol–water partition coefficient (Wildman–Crippen LogP) is 7.89. The summed E-state index contributed by atoms with van der Waals surface area (Å²) in [5.74, 6) is -0.427. The van der Waals surface area contributed by atoms with Crippen LogP contribution in [0.5, 0.6) is 0 Å². The van der Waals surface area contributed by atoms with Gasteiger partial charge in [-0.3, -0.25) is 19.2 Å². The van der Waals surface area contributed by atoms with Gasteiger partial charge in [0.05, 0.1) is 0 Å². The molecule has 4 rings (SSSR count). The van der Waals surface area contributed by atoms with E-state index in [1.807, 2.05) is 36.4 Å². The largest absolute Gasteiger partial charge is 0.326 e. The molecule has 4 N–H and O–H groups in total. The Balaban J connectivity index is 1.02. The van der Waals surface area contributed by atoms with Gasteiger partial charge in [-0.05, 0) is 85.6 Å². The Hall–Kier alpha value is -5.24. The van der Waals surface area contributed by atoms with E-state index in [4.69, 9.17) is 0 Å². The Labute approximate surface area is 258 Å². The van der Waals surface area contributed by atoms with Gasteiger partial charge in [-0.25, -0.2) is 0 Å². The summed E-state index contributed by atoms with van der Waals surface area (Å²) in [5, 5.41) is 11.5. The molecule has 0 fully saturated rings. The number of carbonyl (C=O) groups is 4. The summed E-state index contributed by atoms with van der Waals surface area (Å²) in [6.45, 7) is 0. The minimum atomic E-state index is -0.180. The molecule has 0 saturated carbocycles. The van der Waals surface area contributed by atoms with Crippen LogP contribution in [0.25, 0.3) is 0 Å². The van der Waals surface area contributed by atoms with Gasteiger partial charge in [-0.15, -0.1) is 0 Å². The third kappa shape index (κ3) is 10.9. The van der Waals surface area contributed by atoms with Crippen molar-refractivity contribution in [3.8, 4) is 0 Å². The Morgan fingerprint density at radius 3 is 1.00 bits per heavy atom. The van der Waals surface area contributed by atoms with Gasteiger partial charge in [-0.2, -0.15) is 0 Å². The van der Waals surface area contributed by atoms with Crippen molar-refractivity contribution >= 4 is 46.4 Å². The summed E-state index contributed by atoms with van der Waals surface area (Å²) in [6.07, 6.45) is 6.45.